The maximum absolute atomic E-state index is 14.2. The van der Waals surface area contributed by atoms with Gasteiger partial charge in [0.05, 0.1) is 16.8 Å². The van der Waals surface area contributed by atoms with Gasteiger partial charge in [-0.2, -0.15) is 0 Å². The van der Waals surface area contributed by atoms with Gasteiger partial charge in [0.25, 0.3) is 5.91 Å². The zero-order chi connectivity index (χ0) is 29.5. The molecule has 0 bridgehead atoms. The maximum Gasteiger partial charge on any atom is 0.308 e. The number of benzene rings is 3. The lowest BCUT2D eigenvalue weighted by atomic mass is 9.93. The number of halogens is 4. The summed E-state index contributed by atoms with van der Waals surface area (Å²) in [7, 11) is 0. The van der Waals surface area contributed by atoms with E-state index in [0.717, 1.165) is 10.0 Å². The van der Waals surface area contributed by atoms with Crippen molar-refractivity contribution in [3.8, 4) is 11.3 Å². The van der Waals surface area contributed by atoms with Crippen LogP contribution in [0.2, 0.25) is 5.02 Å². The van der Waals surface area contributed by atoms with Gasteiger partial charge in [0.1, 0.15) is 5.82 Å². The number of aromatic nitrogens is 1. The average molecular weight is 644 g/mol. The van der Waals surface area contributed by atoms with Gasteiger partial charge in [-0.1, -0.05) is 64.8 Å². The van der Waals surface area contributed by atoms with Crippen molar-refractivity contribution < 1.29 is 23.1 Å². The van der Waals surface area contributed by atoms with Crippen LogP contribution in [0, 0.1) is 12.7 Å². The molecule has 1 heterocycles. The molecule has 0 aliphatic rings. The van der Waals surface area contributed by atoms with Crippen molar-refractivity contribution >= 4 is 50.3 Å². The number of esters is 1. The van der Waals surface area contributed by atoms with E-state index in [1.165, 1.54) is 18.2 Å². The fourth-order valence-electron chi connectivity index (χ4n) is 4.78. The van der Waals surface area contributed by atoms with Crippen molar-refractivity contribution in [1.82, 2.24) is 10.3 Å². The average Bonchev–Trinajstić information content (AvgIpc) is 2.94. The molecule has 214 valence electrons. The minimum absolute atomic E-state index is 0.0568. The standard InChI is InChI=1S/C32H30BrClF2N2O3/c1-3-7-28(36)41-29(39)15-10-21(24-17-23(35)12-13-26(24)34)18-37-32(40)30-19(2)31(20-8-5-4-6-9-20)38-27-14-11-22(33)16-25(27)30/h4-6,8-9,11-14,16-17,21,28H,3,7,10,15,18H2,1-2H3,(H,37,40). The summed E-state index contributed by atoms with van der Waals surface area (Å²) in [4.78, 5) is 31.0. The zero-order valence-electron chi connectivity index (χ0n) is 22.7. The first-order valence-electron chi connectivity index (χ1n) is 13.4. The number of hydrogen-bond donors (Lipinski definition) is 1. The van der Waals surface area contributed by atoms with Crippen LogP contribution in [0.4, 0.5) is 8.78 Å². The van der Waals surface area contributed by atoms with Crippen molar-refractivity contribution in [2.24, 2.45) is 0 Å². The fraction of sp³-hybridized carbons (Fsp3) is 0.281. The highest BCUT2D eigenvalue weighted by atomic mass is 79.9. The number of rotatable bonds is 11. The first kappa shape index (κ1) is 30.6. The van der Waals surface area contributed by atoms with Gasteiger partial charge in [0.15, 0.2) is 0 Å². The van der Waals surface area contributed by atoms with Crippen LogP contribution in [0.5, 0.6) is 0 Å². The Kier molecular flexibility index (Phi) is 10.5. The molecule has 4 rings (SSSR count). The molecule has 3 aromatic carbocycles. The molecule has 0 radical (unpaired) electrons. The molecule has 0 aliphatic carbocycles. The first-order chi connectivity index (χ1) is 19.7. The molecular formula is C32H30BrClF2N2O3. The highest BCUT2D eigenvalue weighted by molar-refractivity contribution is 9.10. The van der Waals surface area contributed by atoms with E-state index in [1.807, 2.05) is 55.5 Å². The quantitative estimate of drug-likeness (QED) is 0.166. The van der Waals surface area contributed by atoms with E-state index in [1.54, 1.807) is 6.92 Å². The minimum Gasteiger partial charge on any atom is -0.431 e. The molecule has 1 aromatic heterocycles. The number of alkyl halides is 1. The molecule has 0 saturated carbocycles. The fourth-order valence-corrected chi connectivity index (χ4v) is 5.41. The lowest BCUT2D eigenvalue weighted by Crippen LogP contribution is -2.30. The van der Waals surface area contributed by atoms with Crippen LogP contribution in [0.25, 0.3) is 22.2 Å². The maximum atomic E-state index is 14.2. The Morgan fingerprint density at radius 3 is 2.56 bits per heavy atom. The van der Waals surface area contributed by atoms with Gasteiger partial charge in [-0.15, -0.1) is 0 Å². The lowest BCUT2D eigenvalue weighted by Gasteiger charge is -2.21. The van der Waals surface area contributed by atoms with E-state index in [0.29, 0.717) is 44.7 Å². The predicted octanol–water partition coefficient (Wildman–Crippen LogP) is 8.70. The highest BCUT2D eigenvalue weighted by Gasteiger charge is 2.23. The van der Waals surface area contributed by atoms with Gasteiger partial charge in [-0.05, 0) is 67.3 Å². The summed E-state index contributed by atoms with van der Waals surface area (Å²) in [5.74, 6) is -2.09. The molecule has 0 spiro atoms. The number of pyridine rings is 1. The van der Waals surface area contributed by atoms with Gasteiger partial charge in [0.2, 0.25) is 6.36 Å². The Balaban J connectivity index is 1.64. The Bertz CT molecular complexity index is 1550. The first-order valence-corrected chi connectivity index (χ1v) is 14.6. The third-order valence-corrected chi connectivity index (χ3v) is 7.68. The molecule has 0 aliphatic heterocycles. The van der Waals surface area contributed by atoms with Crippen LogP contribution in [0.3, 0.4) is 0 Å². The second-order valence-electron chi connectivity index (χ2n) is 9.79. The summed E-state index contributed by atoms with van der Waals surface area (Å²) in [6.45, 7) is 3.70. The molecule has 1 amide bonds. The Morgan fingerprint density at radius 2 is 1.83 bits per heavy atom. The number of carbonyl (C=O) groups excluding carboxylic acids is 2. The smallest absolute Gasteiger partial charge is 0.308 e. The SMILES string of the molecule is CCCC(F)OC(=O)CCC(CNC(=O)c1c(C)c(-c2ccccc2)nc2ccc(Br)cc12)c1cc(F)ccc1Cl. The third kappa shape index (κ3) is 7.68. The molecule has 2 atom stereocenters. The van der Waals surface area contributed by atoms with Gasteiger partial charge >= 0.3 is 5.97 Å². The summed E-state index contributed by atoms with van der Waals surface area (Å²) in [5, 5.41) is 3.94. The van der Waals surface area contributed by atoms with E-state index >= 15 is 0 Å². The van der Waals surface area contributed by atoms with Crippen molar-refractivity contribution in [1.29, 1.82) is 0 Å². The van der Waals surface area contributed by atoms with E-state index in [4.69, 9.17) is 21.3 Å². The largest absolute Gasteiger partial charge is 0.431 e. The van der Waals surface area contributed by atoms with E-state index in [2.05, 4.69) is 21.2 Å². The van der Waals surface area contributed by atoms with E-state index < -0.39 is 24.1 Å². The lowest BCUT2D eigenvalue weighted by molar-refractivity contribution is -0.158. The monoisotopic (exact) mass is 642 g/mol. The normalized spacial score (nSPS) is 12.6. The van der Waals surface area contributed by atoms with Crippen LogP contribution in [0.15, 0.2) is 71.2 Å². The van der Waals surface area contributed by atoms with Gasteiger partial charge < -0.3 is 10.1 Å². The van der Waals surface area contributed by atoms with E-state index in [9.17, 15) is 18.4 Å². The van der Waals surface area contributed by atoms with E-state index in [-0.39, 0.29) is 31.7 Å². The molecule has 0 saturated heterocycles. The molecule has 9 heteroatoms. The van der Waals surface area contributed by atoms with Crippen molar-refractivity contribution in [3.63, 3.8) is 0 Å². The Labute approximate surface area is 251 Å². The second kappa shape index (κ2) is 14.0. The van der Waals surface area contributed by atoms with Gasteiger partial charge in [-0.3, -0.25) is 9.59 Å². The Morgan fingerprint density at radius 1 is 1.07 bits per heavy atom. The van der Waals surface area contributed by atoms with Crippen LogP contribution >= 0.6 is 27.5 Å². The second-order valence-corrected chi connectivity index (χ2v) is 11.1. The van der Waals surface area contributed by atoms with Crippen molar-refractivity contribution in [3.05, 3.63) is 98.7 Å². The molecule has 4 aromatic rings. The number of carbonyl (C=O) groups is 2. The zero-order valence-corrected chi connectivity index (χ0v) is 25.1. The summed E-state index contributed by atoms with van der Waals surface area (Å²) in [6.07, 6.45) is -0.989. The summed E-state index contributed by atoms with van der Waals surface area (Å²) in [6, 6.07) is 19.1. The molecule has 1 N–H and O–H groups in total. The van der Waals surface area contributed by atoms with Gasteiger partial charge in [0, 0.05) is 45.7 Å². The summed E-state index contributed by atoms with van der Waals surface area (Å²) < 4.78 is 33.7. The molecular weight excluding hydrogens is 614 g/mol. The third-order valence-electron chi connectivity index (χ3n) is 6.84. The molecule has 41 heavy (non-hydrogen) atoms. The van der Waals surface area contributed by atoms with Crippen LogP contribution in [-0.4, -0.2) is 29.8 Å². The minimum atomic E-state index is -1.68. The van der Waals surface area contributed by atoms with Crippen molar-refractivity contribution in [2.45, 2.75) is 51.8 Å². The number of nitrogens with one attached hydrogen (secondary N) is 1. The number of ether oxygens (including phenoxy) is 1. The predicted molar refractivity (Wildman–Crippen MR) is 161 cm³/mol. The van der Waals surface area contributed by atoms with Crippen LogP contribution < -0.4 is 5.32 Å². The Hall–Kier alpha value is -3.36. The van der Waals surface area contributed by atoms with Crippen molar-refractivity contribution in [2.75, 3.05) is 6.54 Å². The molecule has 5 nitrogen and oxygen atoms in total. The summed E-state index contributed by atoms with van der Waals surface area (Å²) >= 11 is 9.90. The number of amides is 1. The van der Waals surface area contributed by atoms with Gasteiger partial charge in [-0.25, -0.2) is 13.8 Å². The topological polar surface area (TPSA) is 68.3 Å². The number of hydrogen-bond acceptors (Lipinski definition) is 4. The highest BCUT2D eigenvalue weighted by Crippen LogP contribution is 2.32. The van der Waals surface area contributed by atoms with Crippen LogP contribution in [0.1, 0.15) is 60.0 Å². The van der Waals surface area contributed by atoms with Crippen LogP contribution in [-0.2, 0) is 9.53 Å². The molecule has 0 fully saturated rings. The summed E-state index contributed by atoms with van der Waals surface area (Å²) in [5.41, 5.74) is 3.82. The number of nitrogens with zero attached hydrogens (tertiary/aromatic N) is 1. The number of fused-ring (bicyclic) bond motifs is 1. The molecule has 2 unspecified atom stereocenters.